The molecule has 0 bridgehead atoms. The van der Waals surface area contributed by atoms with E-state index >= 15 is 0 Å². The van der Waals surface area contributed by atoms with Crippen molar-refractivity contribution in [1.29, 1.82) is 0 Å². The van der Waals surface area contributed by atoms with Crippen molar-refractivity contribution in [2.75, 3.05) is 5.32 Å². The third-order valence-electron chi connectivity index (χ3n) is 4.49. The molecule has 1 amide bonds. The number of carbonyl (C=O) groups is 1. The Kier molecular flexibility index (Phi) is 6.01. The molecule has 0 aliphatic rings. The summed E-state index contributed by atoms with van der Waals surface area (Å²) in [6, 6.07) is 11.4. The molecule has 0 fully saturated rings. The average molecular weight is 397 g/mol. The molecule has 3 rings (SSSR count). The van der Waals surface area contributed by atoms with E-state index in [1.54, 1.807) is 16.8 Å². The maximum Gasteiger partial charge on any atom is 0.260 e. The molecule has 6 nitrogen and oxygen atoms in total. The van der Waals surface area contributed by atoms with Gasteiger partial charge in [0.25, 0.3) is 5.91 Å². The van der Waals surface area contributed by atoms with Crippen molar-refractivity contribution in [1.82, 2.24) is 15.1 Å². The predicted molar refractivity (Wildman–Crippen MR) is 108 cm³/mol. The normalized spacial score (nSPS) is 11.4. The molecular weight excluding hydrogens is 376 g/mol. The fraction of sp³-hybridized carbons (Fsp3) is 0.190. The molecule has 2 N–H and O–H groups in total. The van der Waals surface area contributed by atoms with Gasteiger partial charge < -0.3 is 5.32 Å². The number of aromatic nitrogens is 2. The first-order chi connectivity index (χ1) is 13.8. The lowest BCUT2D eigenvalue weighted by molar-refractivity contribution is 0.0973. The first-order valence-corrected chi connectivity index (χ1v) is 8.97. The van der Waals surface area contributed by atoms with Crippen molar-refractivity contribution in [2.24, 2.45) is 12.0 Å². The third-order valence-corrected chi connectivity index (χ3v) is 4.49. The monoisotopic (exact) mass is 397 g/mol. The maximum absolute atomic E-state index is 13.9. The fourth-order valence-electron chi connectivity index (χ4n) is 2.84. The zero-order valence-electron chi connectivity index (χ0n) is 16.3. The van der Waals surface area contributed by atoms with E-state index in [1.165, 1.54) is 36.4 Å². The average Bonchev–Trinajstić information content (AvgIpc) is 2.91. The van der Waals surface area contributed by atoms with E-state index < -0.39 is 17.5 Å². The van der Waals surface area contributed by atoms with Crippen molar-refractivity contribution in [3.05, 3.63) is 82.7 Å². The van der Waals surface area contributed by atoms with Crippen LogP contribution in [0, 0.1) is 25.5 Å². The topological polar surface area (TPSA) is 71.3 Å². The van der Waals surface area contributed by atoms with Gasteiger partial charge in [0.2, 0.25) is 5.96 Å². The van der Waals surface area contributed by atoms with E-state index in [4.69, 9.17) is 0 Å². The molecule has 8 heteroatoms. The van der Waals surface area contributed by atoms with Crippen LogP contribution in [0.25, 0.3) is 0 Å². The second kappa shape index (κ2) is 8.64. The highest BCUT2D eigenvalue weighted by Crippen LogP contribution is 2.14. The fourth-order valence-corrected chi connectivity index (χ4v) is 2.84. The van der Waals surface area contributed by atoms with Gasteiger partial charge in [-0.15, -0.1) is 0 Å². The Hall–Kier alpha value is -3.55. The lowest BCUT2D eigenvalue weighted by Gasteiger charge is -2.12. The molecule has 29 heavy (non-hydrogen) atoms. The highest BCUT2D eigenvalue weighted by atomic mass is 19.1. The van der Waals surface area contributed by atoms with E-state index in [9.17, 15) is 13.6 Å². The maximum atomic E-state index is 13.9. The molecule has 0 saturated heterocycles. The zero-order chi connectivity index (χ0) is 21.0. The van der Waals surface area contributed by atoms with Crippen LogP contribution in [0.4, 0.5) is 14.5 Å². The number of aryl methyl sites for hydroxylation is 2. The molecule has 0 aliphatic heterocycles. The smallest absolute Gasteiger partial charge is 0.260 e. The first-order valence-electron chi connectivity index (χ1n) is 8.97. The number of anilines is 1. The molecular formula is C21H21F2N5O. The van der Waals surface area contributed by atoms with Gasteiger partial charge in [-0.3, -0.25) is 14.8 Å². The van der Waals surface area contributed by atoms with Gasteiger partial charge in [-0.05, 0) is 44.2 Å². The summed E-state index contributed by atoms with van der Waals surface area (Å²) in [5.74, 6) is -1.67. The van der Waals surface area contributed by atoms with Gasteiger partial charge in [0.1, 0.15) is 11.6 Å². The summed E-state index contributed by atoms with van der Waals surface area (Å²) in [5, 5.41) is 9.80. The summed E-state index contributed by atoms with van der Waals surface area (Å²) >= 11 is 0. The van der Waals surface area contributed by atoms with E-state index in [-0.39, 0.29) is 18.1 Å². The SMILES string of the molecule is Cc1nn(C)c(C)c1CN=C(NC(=O)c1ccccc1F)Nc1cccc(F)c1. The number of nitrogens with one attached hydrogen (secondary N) is 2. The number of aliphatic imine (C=N–C) groups is 1. The van der Waals surface area contributed by atoms with Crippen LogP contribution in [0.15, 0.2) is 53.5 Å². The number of rotatable bonds is 4. The van der Waals surface area contributed by atoms with Gasteiger partial charge in [0, 0.05) is 24.0 Å². The van der Waals surface area contributed by atoms with Crippen LogP contribution in [0.2, 0.25) is 0 Å². The number of halogens is 2. The van der Waals surface area contributed by atoms with Crippen LogP contribution in [0.5, 0.6) is 0 Å². The number of hydrogen-bond donors (Lipinski definition) is 2. The molecule has 0 unspecified atom stereocenters. The van der Waals surface area contributed by atoms with E-state index in [0.29, 0.717) is 5.69 Å². The number of amides is 1. The molecule has 2 aromatic carbocycles. The second-order valence-corrected chi connectivity index (χ2v) is 6.51. The molecule has 1 heterocycles. The Morgan fingerprint density at radius 2 is 1.90 bits per heavy atom. The molecule has 1 aromatic heterocycles. The van der Waals surface area contributed by atoms with Gasteiger partial charge in [0.05, 0.1) is 17.8 Å². The van der Waals surface area contributed by atoms with Gasteiger partial charge in [-0.1, -0.05) is 18.2 Å². The molecule has 0 saturated carbocycles. The summed E-state index contributed by atoms with van der Waals surface area (Å²) in [6.45, 7) is 4.03. The van der Waals surface area contributed by atoms with E-state index in [0.717, 1.165) is 17.0 Å². The number of nitrogens with zero attached hydrogens (tertiary/aromatic N) is 3. The van der Waals surface area contributed by atoms with Crippen molar-refractivity contribution < 1.29 is 13.6 Å². The third kappa shape index (κ3) is 4.84. The quantitative estimate of drug-likeness (QED) is 0.521. The molecule has 0 aliphatic carbocycles. The Morgan fingerprint density at radius 3 is 2.55 bits per heavy atom. The Bertz CT molecular complexity index is 1070. The van der Waals surface area contributed by atoms with Crippen LogP contribution in [-0.2, 0) is 13.6 Å². The summed E-state index contributed by atoms with van der Waals surface area (Å²) in [5.41, 5.74) is 2.95. The Labute approximate surface area is 167 Å². The minimum absolute atomic E-state index is 0.0755. The molecule has 0 spiro atoms. The van der Waals surface area contributed by atoms with Crippen molar-refractivity contribution in [2.45, 2.75) is 20.4 Å². The Morgan fingerprint density at radius 1 is 1.14 bits per heavy atom. The molecule has 3 aromatic rings. The van der Waals surface area contributed by atoms with Gasteiger partial charge in [-0.2, -0.15) is 5.10 Å². The zero-order valence-corrected chi connectivity index (χ0v) is 16.3. The number of benzene rings is 2. The van der Waals surface area contributed by atoms with Crippen molar-refractivity contribution in [3.63, 3.8) is 0 Å². The lowest BCUT2D eigenvalue weighted by Crippen LogP contribution is -2.36. The first kappa shape index (κ1) is 20.2. The van der Waals surface area contributed by atoms with Crippen LogP contribution in [-0.4, -0.2) is 21.6 Å². The van der Waals surface area contributed by atoms with Gasteiger partial charge in [0.15, 0.2) is 0 Å². The highest BCUT2D eigenvalue weighted by Gasteiger charge is 2.15. The molecule has 0 radical (unpaired) electrons. The lowest BCUT2D eigenvalue weighted by atomic mass is 10.2. The van der Waals surface area contributed by atoms with Crippen molar-refractivity contribution >= 4 is 17.6 Å². The second-order valence-electron chi connectivity index (χ2n) is 6.51. The van der Waals surface area contributed by atoms with Gasteiger partial charge >= 0.3 is 0 Å². The number of hydrogen-bond acceptors (Lipinski definition) is 3. The predicted octanol–water partition coefficient (Wildman–Crippen LogP) is 3.71. The van der Waals surface area contributed by atoms with Crippen LogP contribution >= 0.6 is 0 Å². The standard InChI is InChI=1S/C21H21F2N5O/c1-13-18(14(2)28(3)27-13)12-24-21(25-16-8-6-7-15(22)11-16)26-20(29)17-9-4-5-10-19(17)23/h4-11H,12H2,1-3H3,(H2,24,25,26,29). The van der Waals surface area contributed by atoms with Crippen LogP contribution < -0.4 is 10.6 Å². The number of carbonyl (C=O) groups excluding carboxylic acids is 1. The van der Waals surface area contributed by atoms with Crippen LogP contribution in [0.3, 0.4) is 0 Å². The highest BCUT2D eigenvalue weighted by molar-refractivity contribution is 6.10. The summed E-state index contributed by atoms with van der Waals surface area (Å²) < 4.78 is 29.2. The van der Waals surface area contributed by atoms with Gasteiger partial charge in [-0.25, -0.2) is 13.8 Å². The van der Waals surface area contributed by atoms with Crippen molar-refractivity contribution in [3.8, 4) is 0 Å². The van der Waals surface area contributed by atoms with Crippen LogP contribution in [0.1, 0.15) is 27.3 Å². The molecule has 0 atom stereocenters. The minimum atomic E-state index is -0.662. The summed E-state index contributed by atoms with van der Waals surface area (Å²) in [4.78, 5) is 16.9. The molecule has 150 valence electrons. The summed E-state index contributed by atoms with van der Waals surface area (Å²) in [6.07, 6.45) is 0. The Balaban J connectivity index is 1.88. The van der Waals surface area contributed by atoms with E-state index in [2.05, 4.69) is 20.7 Å². The summed E-state index contributed by atoms with van der Waals surface area (Å²) in [7, 11) is 1.83. The number of guanidine groups is 1. The minimum Gasteiger partial charge on any atom is -0.326 e. The van der Waals surface area contributed by atoms with E-state index in [1.807, 2.05) is 20.9 Å². The largest absolute Gasteiger partial charge is 0.326 e.